The third-order valence-corrected chi connectivity index (χ3v) is 9.81. The molecule has 12 heteroatoms. The van der Waals surface area contributed by atoms with E-state index in [9.17, 15) is 9.59 Å². The molecule has 0 bridgehead atoms. The number of halogens is 2. The van der Waals surface area contributed by atoms with Gasteiger partial charge >= 0.3 is 0 Å². The molecule has 4 N–H and O–H groups in total. The molecule has 2 aliphatic rings. The topological polar surface area (TPSA) is 130 Å². The first kappa shape index (κ1) is 33.0. The fraction of sp³-hybridized carbons (Fsp3) is 0.297. The predicted molar refractivity (Wildman–Crippen MR) is 190 cm³/mol. The van der Waals surface area contributed by atoms with Crippen LogP contribution in [0.4, 0.5) is 0 Å². The van der Waals surface area contributed by atoms with Gasteiger partial charge in [0.15, 0.2) is 0 Å². The number of benzene rings is 2. The van der Waals surface area contributed by atoms with Gasteiger partial charge in [-0.3, -0.25) is 9.59 Å². The number of hydrogen-bond acceptors (Lipinski definition) is 8. The van der Waals surface area contributed by atoms with Crippen LogP contribution in [0.2, 0.25) is 10.0 Å². The number of hydrogen-bond donors (Lipinski definition) is 4. The number of rotatable bonds is 12. The Morgan fingerprint density at radius 2 is 1.47 bits per heavy atom. The van der Waals surface area contributed by atoms with Crippen LogP contribution in [0.15, 0.2) is 71.3 Å². The number of pyridine rings is 2. The summed E-state index contributed by atoms with van der Waals surface area (Å²) in [7, 11) is 1.60. The second-order valence-electron chi connectivity index (χ2n) is 12.4. The summed E-state index contributed by atoms with van der Waals surface area (Å²) < 4.78 is 11.6. The molecule has 2 saturated heterocycles. The van der Waals surface area contributed by atoms with Gasteiger partial charge in [-0.2, -0.15) is 0 Å². The molecule has 2 aliphatic heterocycles. The van der Waals surface area contributed by atoms with E-state index in [4.69, 9.17) is 37.3 Å². The molecular weight excluding hydrogens is 663 g/mol. The average Bonchev–Trinajstić information content (AvgIpc) is 3.84. The maximum absolute atomic E-state index is 11.5. The molecule has 7 rings (SSSR count). The molecule has 5 aromatic rings. The van der Waals surface area contributed by atoms with E-state index >= 15 is 0 Å². The lowest BCUT2D eigenvalue weighted by molar-refractivity contribution is -0.120. The number of amides is 2. The number of carbonyl (C=O) groups is 2. The van der Waals surface area contributed by atoms with Crippen molar-refractivity contribution in [2.24, 2.45) is 0 Å². The van der Waals surface area contributed by atoms with Gasteiger partial charge in [-0.25, -0.2) is 9.97 Å². The number of fused-ring (bicyclic) bond motifs is 1. The number of ether oxygens (including phenoxy) is 1. The summed E-state index contributed by atoms with van der Waals surface area (Å²) in [6, 6.07) is 19.9. The van der Waals surface area contributed by atoms with Crippen LogP contribution in [0.25, 0.3) is 44.6 Å². The van der Waals surface area contributed by atoms with Crippen molar-refractivity contribution >= 4 is 46.1 Å². The van der Waals surface area contributed by atoms with Crippen LogP contribution in [0.1, 0.15) is 37.0 Å². The molecule has 10 nitrogen and oxygen atoms in total. The number of furan rings is 1. The summed E-state index contributed by atoms with van der Waals surface area (Å²) in [4.78, 5) is 32.3. The summed E-state index contributed by atoms with van der Waals surface area (Å²) in [5, 5.41) is 14.6. The third kappa shape index (κ3) is 7.28. The summed E-state index contributed by atoms with van der Waals surface area (Å²) >= 11 is 14.2. The van der Waals surface area contributed by atoms with Gasteiger partial charge in [-0.05, 0) is 31.0 Å². The summed E-state index contributed by atoms with van der Waals surface area (Å²) in [6.45, 7) is 2.45. The minimum absolute atomic E-state index is 0.0995. The van der Waals surface area contributed by atoms with Crippen molar-refractivity contribution in [1.82, 2.24) is 31.2 Å². The van der Waals surface area contributed by atoms with Crippen LogP contribution in [0, 0.1) is 0 Å². The minimum Gasteiger partial charge on any atom is -0.481 e. The molecule has 0 unspecified atom stereocenters. The monoisotopic (exact) mass is 698 g/mol. The number of methoxy groups -OCH3 is 1. The van der Waals surface area contributed by atoms with E-state index in [-0.39, 0.29) is 23.9 Å². The van der Waals surface area contributed by atoms with E-state index < -0.39 is 0 Å². The number of nitrogens with zero attached hydrogens (tertiary/aromatic N) is 2. The lowest BCUT2D eigenvalue weighted by atomic mass is 9.97. The zero-order valence-electron chi connectivity index (χ0n) is 26.9. The standard InChI is InChI=1S/C37H36Cl2N6O4/c1-48-37-21(16-40-18-24-9-12-32(46)43-24)8-11-31(45-37)30-7-3-6-29(35(30)39)28-5-2-4-27(34(28)38)23-14-22-15-26(49-36(22)42-17-23)20-41-19-25-10-13-33(47)44-25/h2-8,11,14-15,17,24-25,40-41H,9-10,12-13,16,18-20H2,1H3,(H,43,46)(H,44,47)/t24-,25-/m0/s1. The molecule has 49 heavy (non-hydrogen) atoms. The van der Waals surface area contributed by atoms with Crippen molar-refractivity contribution in [2.45, 2.75) is 50.9 Å². The first-order valence-electron chi connectivity index (χ1n) is 16.4. The Kier molecular flexibility index (Phi) is 9.81. The fourth-order valence-electron chi connectivity index (χ4n) is 6.46. The highest BCUT2D eigenvalue weighted by Crippen LogP contribution is 2.42. The van der Waals surface area contributed by atoms with E-state index in [1.165, 1.54) is 0 Å². The average molecular weight is 700 g/mol. The number of carbonyl (C=O) groups excluding carboxylic acids is 2. The first-order valence-corrected chi connectivity index (χ1v) is 17.1. The Hall–Kier alpha value is -4.48. The second-order valence-corrected chi connectivity index (χ2v) is 13.2. The number of nitrogens with one attached hydrogen (secondary N) is 4. The van der Waals surface area contributed by atoms with Crippen LogP contribution in [0.3, 0.4) is 0 Å². The van der Waals surface area contributed by atoms with Gasteiger partial charge in [0.1, 0.15) is 5.76 Å². The molecule has 2 atom stereocenters. The van der Waals surface area contributed by atoms with Gasteiger partial charge in [0.2, 0.25) is 23.4 Å². The minimum atomic E-state index is 0.0995. The van der Waals surface area contributed by atoms with E-state index in [0.717, 1.165) is 57.4 Å². The Balaban J connectivity index is 1.09. The van der Waals surface area contributed by atoms with Crippen molar-refractivity contribution in [3.63, 3.8) is 0 Å². The van der Waals surface area contributed by atoms with E-state index in [0.29, 0.717) is 66.4 Å². The Morgan fingerprint density at radius 3 is 2.12 bits per heavy atom. The normalized spacial score (nSPS) is 17.4. The van der Waals surface area contributed by atoms with Crippen molar-refractivity contribution < 1.29 is 18.7 Å². The zero-order valence-corrected chi connectivity index (χ0v) is 28.5. The highest BCUT2D eigenvalue weighted by Gasteiger charge is 2.22. The summed E-state index contributed by atoms with van der Waals surface area (Å²) in [5.74, 6) is 1.47. The van der Waals surface area contributed by atoms with Crippen molar-refractivity contribution in [3.05, 3.63) is 88.2 Å². The first-order chi connectivity index (χ1) is 23.9. The van der Waals surface area contributed by atoms with Gasteiger partial charge in [0.25, 0.3) is 0 Å². The van der Waals surface area contributed by atoms with Gasteiger partial charge in [-0.1, -0.05) is 65.7 Å². The summed E-state index contributed by atoms with van der Waals surface area (Å²) in [6.07, 6.45) is 4.59. The van der Waals surface area contributed by atoms with Crippen LogP contribution in [-0.4, -0.2) is 54.1 Å². The van der Waals surface area contributed by atoms with E-state index in [1.54, 1.807) is 13.3 Å². The molecule has 0 aliphatic carbocycles. The lowest BCUT2D eigenvalue weighted by Gasteiger charge is -2.15. The van der Waals surface area contributed by atoms with E-state index in [1.807, 2.05) is 60.7 Å². The molecule has 0 saturated carbocycles. The van der Waals surface area contributed by atoms with Gasteiger partial charge < -0.3 is 30.4 Å². The summed E-state index contributed by atoms with van der Waals surface area (Å²) in [5.41, 5.74) is 6.12. The molecule has 0 radical (unpaired) electrons. The van der Waals surface area contributed by atoms with Gasteiger partial charge in [-0.15, -0.1) is 0 Å². The maximum Gasteiger partial charge on any atom is 0.226 e. The Bertz CT molecular complexity index is 2030. The smallest absolute Gasteiger partial charge is 0.226 e. The molecule has 0 spiro atoms. The van der Waals surface area contributed by atoms with Crippen LogP contribution in [0.5, 0.6) is 5.88 Å². The number of aromatic nitrogens is 2. The van der Waals surface area contributed by atoms with Crippen molar-refractivity contribution in [1.29, 1.82) is 0 Å². The van der Waals surface area contributed by atoms with E-state index in [2.05, 4.69) is 26.3 Å². The Morgan fingerprint density at radius 1 is 0.837 bits per heavy atom. The lowest BCUT2D eigenvalue weighted by Crippen LogP contribution is -2.35. The zero-order chi connectivity index (χ0) is 33.9. The predicted octanol–water partition coefficient (Wildman–Crippen LogP) is 6.28. The molecule has 5 heterocycles. The maximum atomic E-state index is 11.5. The highest BCUT2D eigenvalue weighted by molar-refractivity contribution is 6.39. The van der Waals surface area contributed by atoms with Gasteiger partial charge in [0.05, 0.1) is 29.4 Å². The molecule has 2 fully saturated rings. The quantitative estimate of drug-likeness (QED) is 0.120. The SMILES string of the molecule is COc1nc(-c2cccc(-c3cccc(-c4cnc5oc(CNC[C@@H]6CCC(=O)N6)cc5c4)c3Cl)c2Cl)ccc1CNC[C@@H]1CCC(=O)N1. The van der Waals surface area contributed by atoms with Crippen LogP contribution < -0.4 is 26.0 Å². The molecule has 3 aromatic heterocycles. The van der Waals surface area contributed by atoms with Crippen molar-refractivity contribution in [2.75, 3.05) is 20.2 Å². The van der Waals surface area contributed by atoms with Crippen LogP contribution >= 0.6 is 23.2 Å². The molecule has 2 amide bonds. The third-order valence-electron chi connectivity index (χ3n) is 9.00. The second kappa shape index (κ2) is 14.6. The molecule has 2 aromatic carbocycles. The van der Waals surface area contributed by atoms with Crippen LogP contribution in [-0.2, 0) is 22.7 Å². The van der Waals surface area contributed by atoms with Gasteiger partial charge in [0, 0.05) is 89.5 Å². The molecule has 252 valence electrons. The largest absolute Gasteiger partial charge is 0.481 e. The molecular formula is C37H36Cl2N6O4. The Labute approximate surface area is 293 Å². The van der Waals surface area contributed by atoms with Crippen molar-refractivity contribution in [3.8, 4) is 39.4 Å². The highest BCUT2D eigenvalue weighted by atomic mass is 35.5. The fourth-order valence-corrected chi connectivity index (χ4v) is 7.12.